The van der Waals surface area contributed by atoms with Gasteiger partial charge in [0.2, 0.25) is 6.79 Å². The normalized spacial score (nSPS) is 19.1. The fraction of sp³-hybridized carbons (Fsp3) is 0.225. The molecule has 0 bridgehead atoms. The summed E-state index contributed by atoms with van der Waals surface area (Å²) in [5, 5.41) is 11.9. The molecule has 1 saturated heterocycles. The zero-order valence-electron chi connectivity index (χ0n) is 26.7. The van der Waals surface area contributed by atoms with Crippen molar-refractivity contribution >= 4 is 5.97 Å². The molecule has 2 aliphatic heterocycles. The molecule has 4 atom stereocenters. The average molecular weight is 645 g/mol. The Morgan fingerprint density at radius 3 is 1.90 bits per heavy atom. The molecule has 8 heteroatoms. The van der Waals surface area contributed by atoms with Crippen LogP contribution in [0.1, 0.15) is 40.0 Å². The van der Waals surface area contributed by atoms with Gasteiger partial charge < -0.3 is 33.5 Å². The molecule has 0 unspecified atom stereocenters. The van der Waals surface area contributed by atoms with Crippen LogP contribution in [0.3, 0.4) is 0 Å². The molecule has 8 nitrogen and oxygen atoms in total. The quantitative estimate of drug-likeness (QED) is 0.121. The molecule has 1 N–H and O–H groups in total. The van der Waals surface area contributed by atoms with Crippen LogP contribution in [0.4, 0.5) is 0 Å². The van der Waals surface area contributed by atoms with Gasteiger partial charge in [0, 0.05) is 5.92 Å². The van der Waals surface area contributed by atoms with E-state index < -0.39 is 35.6 Å². The van der Waals surface area contributed by atoms with E-state index in [1.807, 2.05) is 97.1 Å². The van der Waals surface area contributed by atoms with Crippen LogP contribution < -0.4 is 18.9 Å². The van der Waals surface area contributed by atoms with Gasteiger partial charge in [0.1, 0.15) is 11.7 Å². The van der Waals surface area contributed by atoms with Crippen LogP contribution in [0.25, 0.3) is 0 Å². The lowest BCUT2D eigenvalue weighted by Crippen LogP contribution is -2.37. The highest BCUT2D eigenvalue weighted by Gasteiger charge is 2.51. The van der Waals surface area contributed by atoms with E-state index in [1.54, 1.807) is 44.6 Å². The minimum Gasteiger partial charge on any atom is -0.493 e. The van der Waals surface area contributed by atoms with Crippen LogP contribution in [0.15, 0.2) is 127 Å². The van der Waals surface area contributed by atoms with E-state index in [2.05, 4.69) is 0 Å². The summed E-state index contributed by atoms with van der Waals surface area (Å²) in [5.74, 6) is 0.0253. The molecular weight excluding hydrogens is 608 g/mol. The first-order valence-corrected chi connectivity index (χ1v) is 15.8. The largest absolute Gasteiger partial charge is 0.493 e. The van der Waals surface area contributed by atoms with Gasteiger partial charge >= 0.3 is 5.97 Å². The van der Waals surface area contributed by atoms with Crippen LogP contribution in [0.2, 0.25) is 0 Å². The summed E-state index contributed by atoms with van der Waals surface area (Å²) < 4.78 is 35.5. The van der Waals surface area contributed by atoms with Crippen molar-refractivity contribution < 1.29 is 38.3 Å². The Bertz CT molecular complexity index is 1760. The summed E-state index contributed by atoms with van der Waals surface area (Å²) in [6.45, 7) is 0.147. The van der Waals surface area contributed by atoms with Crippen LogP contribution in [0, 0.1) is 11.8 Å². The molecule has 48 heavy (non-hydrogen) atoms. The molecular formula is C40H36O8. The summed E-state index contributed by atoms with van der Waals surface area (Å²) in [5.41, 5.74) is 2.92. The smallest absolute Gasteiger partial charge is 0.313 e. The zero-order chi connectivity index (χ0) is 33.1. The summed E-state index contributed by atoms with van der Waals surface area (Å²) in [4.78, 5) is 13.9. The molecule has 0 amide bonds. The first kappa shape index (κ1) is 31.3. The van der Waals surface area contributed by atoms with Gasteiger partial charge in [-0.05, 0) is 52.1 Å². The molecule has 1 fully saturated rings. The van der Waals surface area contributed by atoms with Crippen molar-refractivity contribution in [3.8, 4) is 23.0 Å². The molecule has 2 aliphatic rings. The van der Waals surface area contributed by atoms with Gasteiger partial charge in [0.25, 0.3) is 0 Å². The van der Waals surface area contributed by atoms with Gasteiger partial charge in [0.05, 0.1) is 32.8 Å². The number of rotatable bonds is 11. The van der Waals surface area contributed by atoms with E-state index in [1.165, 1.54) is 0 Å². The third-order valence-corrected chi connectivity index (χ3v) is 9.21. The standard InChI is InChI=1S/C40H36O8/c1-43-32-20-19-27(23-34(32)44-2)38-31(36(39(42)48-38)37(41)26-18-21-33-35(22-26)46-25-45-33)24-47-40(28-12-6-3-7-13-28,29-14-8-4-9-15-29)30-16-10-5-11-17-30/h3-23,31,36-38,41H,24-25H2,1-2H3/t31-,36+,37-,38+/m1/s1. The molecule has 5 aromatic rings. The number of carbonyl (C=O) groups is 1. The van der Waals surface area contributed by atoms with Gasteiger partial charge in [-0.2, -0.15) is 0 Å². The number of aliphatic hydroxyl groups is 1. The van der Waals surface area contributed by atoms with Gasteiger partial charge in [-0.25, -0.2) is 0 Å². The number of benzene rings is 5. The molecule has 0 aliphatic carbocycles. The summed E-state index contributed by atoms with van der Waals surface area (Å²) in [6, 6.07) is 40.7. The second kappa shape index (κ2) is 13.4. The number of cyclic esters (lactones) is 1. The minimum atomic E-state index is -1.22. The zero-order valence-corrected chi connectivity index (χ0v) is 26.7. The number of carbonyl (C=O) groups excluding carboxylic acids is 1. The average Bonchev–Trinajstić information content (AvgIpc) is 3.76. The number of hydrogen-bond donors (Lipinski definition) is 1. The number of methoxy groups -OCH3 is 2. The van der Waals surface area contributed by atoms with Crippen molar-refractivity contribution in [1.29, 1.82) is 0 Å². The van der Waals surface area contributed by atoms with Crippen LogP contribution >= 0.6 is 0 Å². The van der Waals surface area contributed by atoms with Crippen molar-refractivity contribution in [2.75, 3.05) is 27.6 Å². The lowest BCUT2D eigenvalue weighted by Gasteiger charge is -2.38. The van der Waals surface area contributed by atoms with Crippen LogP contribution in [-0.2, 0) is 19.9 Å². The lowest BCUT2D eigenvalue weighted by molar-refractivity contribution is -0.147. The first-order chi connectivity index (χ1) is 23.5. The fourth-order valence-electron chi connectivity index (χ4n) is 6.85. The van der Waals surface area contributed by atoms with E-state index in [9.17, 15) is 9.90 Å². The molecule has 7 rings (SSSR count). The van der Waals surface area contributed by atoms with Gasteiger partial charge in [-0.3, -0.25) is 4.79 Å². The lowest BCUT2D eigenvalue weighted by atomic mass is 9.78. The predicted octanol–water partition coefficient (Wildman–Crippen LogP) is 7.01. The molecule has 0 aromatic heterocycles. The number of hydrogen-bond acceptors (Lipinski definition) is 8. The number of fused-ring (bicyclic) bond motifs is 1. The Balaban J connectivity index is 1.34. The second-order valence-electron chi connectivity index (χ2n) is 11.8. The number of aliphatic hydroxyl groups excluding tert-OH is 1. The highest BCUT2D eigenvalue weighted by molar-refractivity contribution is 5.77. The maximum absolute atomic E-state index is 13.9. The van der Waals surface area contributed by atoms with E-state index in [4.69, 9.17) is 28.4 Å². The van der Waals surface area contributed by atoms with E-state index in [-0.39, 0.29) is 13.4 Å². The van der Waals surface area contributed by atoms with Crippen molar-refractivity contribution in [1.82, 2.24) is 0 Å². The Kier molecular flexibility index (Phi) is 8.76. The molecule has 0 radical (unpaired) electrons. The van der Waals surface area contributed by atoms with Crippen molar-refractivity contribution in [2.24, 2.45) is 11.8 Å². The number of esters is 1. The summed E-state index contributed by atoms with van der Waals surface area (Å²) in [7, 11) is 3.13. The van der Waals surface area contributed by atoms with Crippen molar-refractivity contribution in [3.05, 3.63) is 155 Å². The highest BCUT2D eigenvalue weighted by atomic mass is 16.7. The monoisotopic (exact) mass is 644 g/mol. The molecule has 0 saturated carbocycles. The Morgan fingerprint density at radius 1 is 0.729 bits per heavy atom. The van der Waals surface area contributed by atoms with E-state index >= 15 is 0 Å². The third kappa shape index (κ3) is 5.63. The molecule has 0 spiro atoms. The fourth-order valence-corrected chi connectivity index (χ4v) is 6.85. The predicted molar refractivity (Wildman–Crippen MR) is 178 cm³/mol. The van der Waals surface area contributed by atoms with Crippen LogP contribution in [0.5, 0.6) is 23.0 Å². The van der Waals surface area contributed by atoms with Gasteiger partial charge in [-0.15, -0.1) is 0 Å². The maximum Gasteiger partial charge on any atom is 0.313 e. The van der Waals surface area contributed by atoms with Crippen molar-refractivity contribution in [2.45, 2.75) is 17.8 Å². The Hall–Kier alpha value is -5.31. The highest BCUT2D eigenvalue weighted by Crippen LogP contribution is 2.49. The van der Waals surface area contributed by atoms with Crippen molar-refractivity contribution in [3.63, 3.8) is 0 Å². The maximum atomic E-state index is 13.9. The SMILES string of the molecule is COc1ccc([C@@H]2OC(=O)[C@H]([C@H](O)c3ccc4c(c3)OCO4)[C@H]2COC(c2ccccc2)(c2ccccc2)c2ccccc2)cc1OC. The summed E-state index contributed by atoms with van der Waals surface area (Å²) >= 11 is 0. The molecule has 2 heterocycles. The first-order valence-electron chi connectivity index (χ1n) is 15.8. The molecule has 244 valence electrons. The second-order valence-corrected chi connectivity index (χ2v) is 11.8. The minimum absolute atomic E-state index is 0.0513. The van der Waals surface area contributed by atoms with Crippen LogP contribution in [-0.4, -0.2) is 38.7 Å². The van der Waals surface area contributed by atoms with E-state index in [0.29, 0.717) is 34.1 Å². The Morgan fingerprint density at radius 2 is 1.31 bits per heavy atom. The number of ether oxygens (including phenoxy) is 6. The van der Waals surface area contributed by atoms with Gasteiger partial charge in [-0.1, -0.05) is 103 Å². The summed E-state index contributed by atoms with van der Waals surface area (Å²) in [6.07, 6.45) is -1.98. The van der Waals surface area contributed by atoms with E-state index in [0.717, 1.165) is 16.7 Å². The Labute approximate surface area is 279 Å². The topological polar surface area (TPSA) is 92.7 Å². The van der Waals surface area contributed by atoms with Gasteiger partial charge in [0.15, 0.2) is 23.0 Å². The third-order valence-electron chi connectivity index (χ3n) is 9.21. The molecule has 5 aromatic carbocycles.